The first-order chi connectivity index (χ1) is 15.9. The number of hydrogen-bond donors (Lipinski definition) is 3. The van der Waals surface area contributed by atoms with Gasteiger partial charge in [0.15, 0.2) is 0 Å². The molecule has 9 nitrogen and oxygen atoms in total. The van der Waals surface area contributed by atoms with Crippen LogP contribution >= 0.6 is 0 Å². The van der Waals surface area contributed by atoms with Crippen LogP contribution in [0.3, 0.4) is 0 Å². The third kappa shape index (κ3) is 6.45. The molecule has 0 aliphatic heterocycles. The van der Waals surface area contributed by atoms with Gasteiger partial charge in [0, 0.05) is 30.7 Å². The topological polar surface area (TPSA) is 134 Å². The highest BCUT2D eigenvalue weighted by molar-refractivity contribution is 7.92. The number of anilines is 1. The molecule has 186 valence electrons. The number of aromatic nitrogens is 1. The summed E-state index contributed by atoms with van der Waals surface area (Å²) in [6, 6.07) is 7.69. The van der Waals surface area contributed by atoms with Crippen molar-refractivity contribution in [1.29, 1.82) is 0 Å². The molecule has 1 aromatic carbocycles. The molecule has 3 rings (SSSR count). The second-order valence-electron chi connectivity index (χ2n) is 7.78. The average Bonchev–Trinajstić information content (AvgIpc) is 2.78. The fourth-order valence-corrected chi connectivity index (χ4v) is 6.12. The summed E-state index contributed by atoms with van der Waals surface area (Å²) in [5.74, 6) is 0. The molecule has 0 unspecified atom stereocenters. The van der Waals surface area contributed by atoms with E-state index in [1.165, 1.54) is 24.3 Å². The summed E-state index contributed by atoms with van der Waals surface area (Å²) < 4.78 is 88.9. The Bertz CT molecular complexity index is 1200. The number of nitrogens with zero attached hydrogens (tertiary/aromatic N) is 1. The second kappa shape index (κ2) is 10.3. The molecule has 1 saturated carbocycles. The number of sulfonamides is 1. The summed E-state index contributed by atoms with van der Waals surface area (Å²) in [5, 5.41) is 3.64. The van der Waals surface area contributed by atoms with Gasteiger partial charge < -0.3 is 10.6 Å². The van der Waals surface area contributed by atoms with Crippen LogP contribution in [-0.2, 0) is 26.4 Å². The molecule has 2 amide bonds. The van der Waals surface area contributed by atoms with Crippen LogP contribution in [-0.4, -0.2) is 44.7 Å². The number of halogens is 3. The molecule has 34 heavy (non-hydrogen) atoms. The zero-order chi connectivity index (χ0) is 25.0. The minimum atomic E-state index is -5.32. The van der Waals surface area contributed by atoms with Gasteiger partial charge in [-0.3, -0.25) is 4.98 Å². The quantitative estimate of drug-likeness (QED) is 0.514. The third-order valence-electron chi connectivity index (χ3n) is 5.36. The van der Waals surface area contributed by atoms with Crippen molar-refractivity contribution < 1.29 is 34.8 Å². The number of carbonyl (C=O) groups is 1. The molecule has 1 heterocycles. The summed E-state index contributed by atoms with van der Waals surface area (Å²) in [4.78, 5) is 15.8. The van der Waals surface area contributed by atoms with E-state index in [1.807, 2.05) is 0 Å². The predicted octanol–water partition coefficient (Wildman–Crippen LogP) is 2.93. The van der Waals surface area contributed by atoms with Crippen LogP contribution < -0.4 is 15.4 Å². The molecule has 3 N–H and O–H groups in total. The maximum Gasteiger partial charge on any atom is 0.497 e. The number of pyridine rings is 1. The van der Waals surface area contributed by atoms with Crippen molar-refractivity contribution in [3.8, 4) is 0 Å². The Kier molecular flexibility index (Phi) is 7.83. The van der Waals surface area contributed by atoms with E-state index in [1.54, 1.807) is 24.5 Å². The highest BCUT2D eigenvalue weighted by Gasteiger charge is 2.51. The third-order valence-corrected chi connectivity index (χ3v) is 8.89. The van der Waals surface area contributed by atoms with Gasteiger partial charge in [0.05, 0.1) is 10.1 Å². The molecule has 1 fully saturated rings. The molecule has 1 aliphatic rings. The lowest BCUT2D eigenvalue weighted by Crippen LogP contribution is -2.42. The normalized spacial score (nSPS) is 19.4. The summed E-state index contributed by atoms with van der Waals surface area (Å²) in [7, 11) is -9.26. The SMILES string of the molecule is O=C(NCc1cccnc1)Nc1ccc(S(=O)(=O)NC2CCC(S(=O)(=O)C(F)(F)F)CC2)cc1. The number of nitrogens with one attached hydrogen (secondary N) is 3. The van der Waals surface area contributed by atoms with Crippen LogP contribution in [0.5, 0.6) is 0 Å². The Balaban J connectivity index is 1.52. The number of benzene rings is 1. The predicted molar refractivity (Wildman–Crippen MR) is 118 cm³/mol. The van der Waals surface area contributed by atoms with E-state index in [9.17, 15) is 34.8 Å². The van der Waals surface area contributed by atoms with Gasteiger partial charge >= 0.3 is 11.5 Å². The van der Waals surface area contributed by atoms with Gasteiger partial charge in [-0.1, -0.05) is 6.07 Å². The maximum atomic E-state index is 12.7. The van der Waals surface area contributed by atoms with E-state index in [0.717, 1.165) is 5.56 Å². The number of amides is 2. The lowest BCUT2D eigenvalue weighted by Gasteiger charge is -2.29. The zero-order valence-corrected chi connectivity index (χ0v) is 19.4. The standard InChI is InChI=1S/C20H23F3N4O5S2/c21-20(22,23)33(29,30)17-7-5-16(6-8-17)27-34(31,32)18-9-3-15(4-10-18)26-19(28)25-13-14-2-1-11-24-12-14/h1-4,9-12,16-17,27H,5-8,13H2,(H2,25,26,28). The number of carbonyl (C=O) groups excluding carboxylic acids is 1. The highest BCUT2D eigenvalue weighted by atomic mass is 32.2. The van der Waals surface area contributed by atoms with Gasteiger partial charge in [0.2, 0.25) is 10.0 Å². The Morgan fingerprint density at radius 2 is 1.65 bits per heavy atom. The second-order valence-corrected chi connectivity index (χ2v) is 11.7. The number of urea groups is 1. The lowest BCUT2D eigenvalue weighted by atomic mass is 9.96. The Morgan fingerprint density at radius 1 is 1.00 bits per heavy atom. The molecule has 1 aliphatic carbocycles. The summed E-state index contributed by atoms with van der Waals surface area (Å²) >= 11 is 0. The minimum Gasteiger partial charge on any atom is -0.334 e. The van der Waals surface area contributed by atoms with Crippen molar-refractivity contribution in [3.63, 3.8) is 0 Å². The van der Waals surface area contributed by atoms with Crippen molar-refractivity contribution in [2.45, 2.75) is 53.9 Å². The first kappa shape index (κ1) is 25.9. The first-order valence-electron chi connectivity index (χ1n) is 10.2. The molecule has 0 atom stereocenters. The average molecular weight is 521 g/mol. The molecule has 0 bridgehead atoms. The van der Waals surface area contributed by atoms with E-state index in [-0.39, 0.29) is 37.1 Å². The highest BCUT2D eigenvalue weighted by Crippen LogP contribution is 2.34. The van der Waals surface area contributed by atoms with Crippen LogP contribution in [0.25, 0.3) is 0 Å². The molecule has 0 radical (unpaired) electrons. The van der Waals surface area contributed by atoms with Crippen molar-refractivity contribution in [3.05, 3.63) is 54.4 Å². The Labute approximate surface area is 195 Å². The smallest absolute Gasteiger partial charge is 0.334 e. The number of hydrogen-bond acceptors (Lipinski definition) is 6. The fourth-order valence-electron chi connectivity index (χ4n) is 3.55. The van der Waals surface area contributed by atoms with Gasteiger partial charge in [-0.15, -0.1) is 0 Å². The lowest BCUT2D eigenvalue weighted by molar-refractivity contribution is -0.0448. The zero-order valence-electron chi connectivity index (χ0n) is 17.7. The molecule has 2 aromatic rings. The van der Waals surface area contributed by atoms with Gasteiger partial charge in [-0.25, -0.2) is 26.4 Å². The van der Waals surface area contributed by atoms with Gasteiger partial charge in [-0.05, 0) is 61.6 Å². The summed E-state index contributed by atoms with van der Waals surface area (Å²) in [6.07, 6.45) is 2.58. The van der Waals surface area contributed by atoms with E-state index in [0.29, 0.717) is 5.69 Å². The number of rotatable bonds is 7. The molecule has 0 saturated heterocycles. The van der Waals surface area contributed by atoms with Crippen LogP contribution in [0.15, 0.2) is 53.7 Å². The van der Waals surface area contributed by atoms with E-state index in [2.05, 4.69) is 20.3 Å². The van der Waals surface area contributed by atoms with Crippen molar-refractivity contribution in [2.75, 3.05) is 5.32 Å². The van der Waals surface area contributed by atoms with Crippen LogP contribution in [0.1, 0.15) is 31.2 Å². The number of alkyl halides is 3. The van der Waals surface area contributed by atoms with Gasteiger partial charge in [0.25, 0.3) is 9.84 Å². The largest absolute Gasteiger partial charge is 0.497 e. The van der Waals surface area contributed by atoms with Crippen LogP contribution in [0.4, 0.5) is 23.7 Å². The van der Waals surface area contributed by atoms with Crippen molar-refractivity contribution in [1.82, 2.24) is 15.0 Å². The maximum absolute atomic E-state index is 12.7. The fraction of sp³-hybridized carbons (Fsp3) is 0.400. The molecular formula is C20H23F3N4O5S2. The number of sulfone groups is 1. The Morgan fingerprint density at radius 3 is 2.21 bits per heavy atom. The summed E-state index contributed by atoms with van der Waals surface area (Å²) in [6.45, 7) is 0.253. The molecular weight excluding hydrogens is 497 g/mol. The van der Waals surface area contributed by atoms with E-state index in [4.69, 9.17) is 0 Å². The minimum absolute atomic E-state index is 0.0318. The van der Waals surface area contributed by atoms with E-state index >= 15 is 0 Å². The first-order valence-corrected chi connectivity index (χ1v) is 13.3. The van der Waals surface area contributed by atoms with Gasteiger partial charge in [0.1, 0.15) is 0 Å². The molecule has 14 heteroatoms. The van der Waals surface area contributed by atoms with Gasteiger partial charge in [-0.2, -0.15) is 13.2 Å². The van der Waals surface area contributed by atoms with Crippen LogP contribution in [0, 0.1) is 0 Å². The molecule has 0 spiro atoms. The van der Waals surface area contributed by atoms with Crippen molar-refractivity contribution >= 4 is 31.6 Å². The molecule has 1 aromatic heterocycles. The van der Waals surface area contributed by atoms with E-state index < -0.39 is 42.7 Å². The van der Waals surface area contributed by atoms with Crippen LogP contribution in [0.2, 0.25) is 0 Å². The summed E-state index contributed by atoms with van der Waals surface area (Å²) in [5.41, 5.74) is -4.18. The monoisotopic (exact) mass is 520 g/mol. The van der Waals surface area contributed by atoms with Crippen molar-refractivity contribution in [2.24, 2.45) is 0 Å². The Hall–Kier alpha value is -2.71.